The van der Waals surface area contributed by atoms with Gasteiger partial charge in [0.25, 0.3) is 5.91 Å². The maximum atomic E-state index is 13.1. The molecule has 9 nitrogen and oxygen atoms in total. The van der Waals surface area contributed by atoms with Crippen LogP contribution in [-0.2, 0) is 7.05 Å². The van der Waals surface area contributed by atoms with Crippen LogP contribution >= 0.6 is 0 Å². The van der Waals surface area contributed by atoms with Crippen LogP contribution in [0.3, 0.4) is 0 Å². The topological polar surface area (TPSA) is 99.7 Å². The second-order valence-corrected chi connectivity index (χ2v) is 8.28. The molecule has 166 valence electrons. The molecule has 0 spiro atoms. The van der Waals surface area contributed by atoms with Gasteiger partial charge in [0.2, 0.25) is 5.76 Å². The lowest BCUT2D eigenvalue weighted by Crippen LogP contribution is -2.46. The number of ketones is 1. The third-order valence-corrected chi connectivity index (χ3v) is 6.14. The molecule has 2 atom stereocenters. The molecule has 0 radical (unpaired) electrons. The zero-order valence-corrected chi connectivity index (χ0v) is 18.0. The van der Waals surface area contributed by atoms with Crippen molar-refractivity contribution >= 4 is 11.7 Å². The summed E-state index contributed by atoms with van der Waals surface area (Å²) in [4.78, 5) is 27.6. The molecule has 9 heteroatoms. The molecule has 0 bridgehead atoms. The molecule has 32 heavy (non-hydrogen) atoms. The van der Waals surface area contributed by atoms with Crippen LogP contribution < -0.4 is 9.47 Å². The second kappa shape index (κ2) is 8.14. The first kappa shape index (κ1) is 20.3. The fourth-order valence-corrected chi connectivity index (χ4v) is 4.44. The SMILES string of the molecule is COc1ccc2c(c1)C(=O)C[C@@H]([C@@H]1CCCN(C(=O)c3cc(-c4cnn(C)c4)no3)C1)O2. The Balaban J connectivity index is 1.29. The Kier molecular flexibility index (Phi) is 5.16. The van der Waals surface area contributed by atoms with Crippen LogP contribution in [-0.4, -0.2) is 57.8 Å². The third kappa shape index (κ3) is 3.74. The average molecular weight is 436 g/mol. The lowest BCUT2D eigenvalue weighted by atomic mass is 9.86. The van der Waals surface area contributed by atoms with E-state index in [4.69, 9.17) is 14.0 Å². The van der Waals surface area contributed by atoms with E-state index in [9.17, 15) is 9.59 Å². The number of aromatic nitrogens is 3. The van der Waals surface area contributed by atoms with Crippen molar-refractivity contribution in [2.24, 2.45) is 13.0 Å². The van der Waals surface area contributed by atoms with E-state index in [1.54, 1.807) is 47.2 Å². The fraction of sp³-hybridized carbons (Fsp3) is 0.391. The molecule has 1 amide bonds. The number of aryl methyl sites for hydroxylation is 1. The van der Waals surface area contributed by atoms with Crippen molar-refractivity contribution in [2.45, 2.75) is 25.4 Å². The van der Waals surface area contributed by atoms with E-state index < -0.39 is 0 Å². The summed E-state index contributed by atoms with van der Waals surface area (Å²) in [5.41, 5.74) is 1.91. The normalized spacial score (nSPS) is 20.6. The van der Waals surface area contributed by atoms with Crippen LogP contribution in [0.25, 0.3) is 11.3 Å². The average Bonchev–Trinajstić information content (AvgIpc) is 3.47. The summed E-state index contributed by atoms with van der Waals surface area (Å²) >= 11 is 0. The number of fused-ring (bicyclic) bond motifs is 1. The molecule has 0 N–H and O–H groups in total. The summed E-state index contributed by atoms with van der Waals surface area (Å²) in [7, 11) is 3.39. The number of rotatable bonds is 4. The zero-order chi connectivity index (χ0) is 22.2. The largest absolute Gasteiger partial charge is 0.497 e. The molecule has 2 aliphatic rings. The summed E-state index contributed by atoms with van der Waals surface area (Å²) in [6.45, 7) is 1.14. The summed E-state index contributed by atoms with van der Waals surface area (Å²) in [5, 5.41) is 8.14. The van der Waals surface area contributed by atoms with E-state index in [1.807, 2.05) is 13.2 Å². The summed E-state index contributed by atoms with van der Waals surface area (Å²) in [6, 6.07) is 6.93. The monoisotopic (exact) mass is 436 g/mol. The standard InChI is InChI=1S/C23H24N4O5/c1-26-12-15(11-24-26)18-9-22(32-25-18)23(29)27-7-3-4-14(13-27)21-10-19(28)17-8-16(30-2)5-6-20(17)31-21/h5-6,8-9,11-12,14,21H,3-4,7,10,13H2,1-2H3/t14-,21+/m1/s1. The van der Waals surface area contributed by atoms with Crippen LogP contribution in [0.15, 0.2) is 41.2 Å². The second-order valence-electron chi connectivity index (χ2n) is 8.28. The van der Waals surface area contributed by atoms with Gasteiger partial charge in [-0.2, -0.15) is 5.10 Å². The van der Waals surface area contributed by atoms with Crippen LogP contribution in [0, 0.1) is 5.92 Å². The number of benzene rings is 1. The first-order chi connectivity index (χ1) is 15.5. The zero-order valence-electron chi connectivity index (χ0n) is 18.0. The maximum absolute atomic E-state index is 13.1. The number of likely N-dealkylation sites (tertiary alicyclic amines) is 1. The highest BCUT2D eigenvalue weighted by Crippen LogP contribution is 2.35. The number of ether oxygens (including phenoxy) is 2. The van der Waals surface area contributed by atoms with Gasteiger partial charge in [0, 0.05) is 50.3 Å². The number of Topliss-reactive ketones (excluding diaryl/α,β-unsaturated/α-hetero) is 1. The molecule has 4 heterocycles. The molecule has 0 unspecified atom stereocenters. The van der Waals surface area contributed by atoms with Gasteiger partial charge >= 0.3 is 0 Å². The van der Waals surface area contributed by atoms with Crippen molar-refractivity contribution in [1.29, 1.82) is 0 Å². The Morgan fingerprint density at radius 1 is 1.28 bits per heavy atom. The lowest BCUT2D eigenvalue weighted by Gasteiger charge is -2.38. The van der Waals surface area contributed by atoms with Crippen molar-refractivity contribution in [2.75, 3.05) is 20.2 Å². The highest BCUT2D eigenvalue weighted by molar-refractivity contribution is 6.00. The number of carbonyl (C=O) groups excluding carboxylic acids is 2. The smallest absolute Gasteiger partial charge is 0.292 e. The molecule has 1 fully saturated rings. The number of amides is 1. The Bertz CT molecular complexity index is 1170. The molecular formula is C23H24N4O5. The highest BCUT2D eigenvalue weighted by atomic mass is 16.5. The first-order valence-corrected chi connectivity index (χ1v) is 10.6. The predicted octanol–water partition coefficient (Wildman–Crippen LogP) is 2.97. The minimum atomic E-state index is -0.264. The van der Waals surface area contributed by atoms with E-state index in [0.29, 0.717) is 42.3 Å². The van der Waals surface area contributed by atoms with Crippen LogP contribution in [0.1, 0.15) is 40.2 Å². The summed E-state index contributed by atoms with van der Waals surface area (Å²) in [5.74, 6) is 1.30. The summed E-state index contributed by atoms with van der Waals surface area (Å²) in [6.07, 6.45) is 5.25. The lowest BCUT2D eigenvalue weighted by molar-refractivity contribution is 0.0386. The van der Waals surface area contributed by atoms with Crippen LogP contribution in [0.5, 0.6) is 11.5 Å². The van der Waals surface area contributed by atoms with Crippen LogP contribution in [0.4, 0.5) is 0 Å². The van der Waals surface area contributed by atoms with Gasteiger partial charge in [-0.1, -0.05) is 5.16 Å². The third-order valence-electron chi connectivity index (χ3n) is 6.14. The van der Waals surface area contributed by atoms with E-state index in [0.717, 1.165) is 18.4 Å². The molecule has 0 aliphatic carbocycles. The van der Waals surface area contributed by atoms with E-state index in [2.05, 4.69) is 10.3 Å². The Labute approximate surface area is 184 Å². The molecule has 3 aromatic rings. The minimum absolute atomic E-state index is 0.0370. The van der Waals surface area contributed by atoms with Gasteiger partial charge in [-0.3, -0.25) is 14.3 Å². The summed E-state index contributed by atoms with van der Waals surface area (Å²) < 4.78 is 18.4. The fourth-order valence-electron chi connectivity index (χ4n) is 4.44. The Morgan fingerprint density at radius 2 is 2.16 bits per heavy atom. The van der Waals surface area contributed by atoms with Crippen LogP contribution in [0.2, 0.25) is 0 Å². The molecular weight excluding hydrogens is 412 g/mol. The van der Waals surface area contributed by atoms with Gasteiger partial charge in [0.15, 0.2) is 5.78 Å². The van der Waals surface area contributed by atoms with Gasteiger partial charge in [0.1, 0.15) is 23.3 Å². The van der Waals surface area contributed by atoms with Crippen molar-refractivity contribution in [1.82, 2.24) is 19.8 Å². The first-order valence-electron chi connectivity index (χ1n) is 10.6. The number of hydrogen-bond acceptors (Lipinski definition) is 7. The van der Waals surface area contributed by atoms with Gasteiger partial charge in [-0.05, 0) is 31.0 Å². The molecule has 2 aromatic heterocycles. The molecule has 1 aromatic carbocycles. The number of hydrogen-bond donors (Lipinski definition) is 0. The number of nitrogens with zero attached hydrogens (tertiary/aromatic N) is 4. The van der Waals surface area contributed by atoms with Gasteiger partial charge in [-0.25, -0.2) is 0 Å². The predicted molar refractivity (Wildman–Crippen MR) is 114 cm³/mol. The van der Waals surface area contributed by atoms with Crippen molar-refractivity contribution < 1.29 is 23.6 Å². The molecule has 1 saturated heterocycles. The molecule has 5 rings (SSSR count). The van der Waals surface area contributed by atoms with E-state index >= 15 is 0 Å². The quantitative estimate of drug-likeness (QED) is 0.620. The Hall–Kier alpha value is -3.62. The molecule has 2 aliphatic heterocycles. The number of carbonyl (C=O) groups is 2. The van der Waals surface area contributed by atoms with Crippen molar-refractivity contribution in [3.8, 4) is 22.8 Å². The number of piperidine rings is 1. The van der Waals surface area contributed by atoms with Gasteiger partial charge < -0.3 is 18.9 Å². The van der Waals surface area contributed by atoms with Gasteiger partial charge in [-0.15, -0.1) is 0 Å². The van der Waals surface area contributed by atoms with E-state index in [-0.39, 0.29) is 29.5 Å². The Morgan fingerprint density at radius 3 is 2.94 bits per heavy atom. The number of methoxy groups -OCH3 is 1. The van der Waals surface area contributed by atoms with E-state index in [1.165, 1.54) is 0 Å². The maximum Gasteiger partial charge on any atom is 0.292 e. The van der Waals surface area contributed by atoms with Crippen molar-refractivity contribution in [3.05, 3.63) is 48.0 Å². The molecule has 0 saturated carbocycles. The van der Waals surface area contributed by atoms with Gasteiger partial charge in [0.05, 0.1) is 18.9 Å². The highest BCUT2D eigenvalue weighted by Gasteiger charge is 2.37. The van der Waals surface area contributed by atoms with Crippen molar-refractivity contribution in [3.63, 3.8) is 0 Å². The minimum Gasteiger partial charge on any atom is -0.497 e.